The number of hydrogen-bond donors (Lipinski definition) is 0. The highest BCUT2D eigenvalue weighted by Crippen LogP contribution is 2.12. The standard InChI is InChI=1S/C12H12N2O3/c1-2-7-14-11(15)9-6-4-3-5-8(9)10(13-14)12(16)17/h3-6H,2,7H2,1H3,(H,16,17)/p-1. The predicted molar refractivity (Wildman–Crippen MR) is 60.6 cm³/mol. The Balaban J connectivity index is 2.85. The molecular formula is C12H11N2O3-. The van der Waals surface area contributed by atoms with Crippen molar-refractivity contribution in [2.45, 2.75) is 19.9 Å². The summed E-state index contributed by atoms with van der Waals surface area (Å²) >= 11 is 0. The Hall–Kier alpha value is -2.17. The number of aromatic carboxylic acids is 1. The molecule has 2 rings (SSSR count). The molecule has 0 saturated carbocycles. The van der Waals surface area contributed by atoms with Crippen molar-refractivity contribution >= 4 is 16.7 Å². The fraction of sp³-hybridized carbons (Fsp3) is 0.250. The SMILES string of the molecule is CCCn1nc(C(=O)[O-])c2ccccc2c1=O. The number of carbonyl (C=O) groups is 1. The Labute approximate surface area is 97.3 Å². The minimum Gasteiger partial charge on any atom is -0.543 e. The summed E-state index contributed by atoms with van der Waals surface area (Å²) in [4.78, 5) is 23.0. The van der Waals surface area contributed by atoms with Gasteiger partial charge in [-0.1, -0.05) is 25.1 Å². The highest BCUT2D eigenvalue weighted by Gasteiger charge is 2.09. The van der Waals surface area contributed by atoms with E-state index in [2.05, 4.69) is 5.10 Å². The van der Waals surface area contributed by atoms with Gasteiger partial charge in [0.15, 0.2) is 0 Å². The quantitative estimate of drug-likeness (QED) is 0.754. The minimum atomic E-state index is -1.37. The number of rotatable bonds is 3. The molecule has 5 nitrogen and oxygen atoms in total. The molecule has 0 aliphatic heterocycles. The molecule has 2 aromatic rings. The van der Waals surface area contributed by atoms with E-state index in [1.54, 1.807) is 24.3 Å². The zero-order chi connectivity index (χ0) is 12.4. The van der Waals surface area contributed by atoms with E-state index < -0.39 is 5.97 Å². The number of nitrogens with zero attached hydrogens (tertiary/aromatic N) is 2. The summed E-state index contributed by atoms with van der Waals surface area (Å²) in [5.41, 5.74) is -0.457. The van der Waals surface area contributed by atoms with Crippen molar-refractivity contribution < 1.29 is 9.90 Å². The molecule has 5 heteroatoms. The van der Waals surface area contributed by atoms with Crippen LogP contribution in [0.25, 0.3) is 10.8 Å². The maximum atomic E-state index is 12.0. The second kappa shape index (κ2) is 4.37. The second-order valence-corrected chi connectivity index (χ2v) is 3.71. The molecule has 0 saturated heterocycles. The van der Waals surface area contributed by atoms with Gasteiger partial charge in [0.1, 0.15) is 5.69 Å². The maximum Gasteiger partial charge on any atom is 0.274 e. The lowest BCUT2D eigenvalue weighted by Gasteiger charge is -2.10. The van der Waals surface area contributed by atoms with Crippen molar-refractivity contribution in [3.8, 4) is 0 Å². The van der Waals surface area contributed by atoms with Gasteiger partial charge in [0, 0.05) is 11.9 Å². The van der Waals surface area contributed by atoms with Crippen LogP contribution in [0, 0.1) is 0 Å². The number of aryl methyl sites for hydroxylation is 1. The number of aromatic nitrogens is 2. The highest BCUT2D eigenvalue weighted by atomic mass is 16.4. The average molecular weight is 231 g/mol. The van der Waals surface area contributed by atoms with Crippen molar-refractivity contribution in [2.24, 2.45) is 0 Å². The molecule has 17 heavy (non-hydrogen) atoms. The van der Waals surface area contributed by atoms with Crippen LogP contribution in [-0.2, 0) is 6.54 Å². The van der Waals surface area contributed by atoms with Gasteiger partial charge >= 0.3 is 0 Å². The summed E-state index contributed by atoms with van der Waals surface area (Å²) in [5, 5.41) is 15.5. The van der Waals surface area contributed by atoms with E-state index in [4.69, 9.17) is 0 Å². The molecule has 0 spiro atoms. The third-order valence-corrected chi connectivity index (χ3v) is 2.50. The van der Waals surface area contributed by atoms with Crippen LogP contribution in [0.3, 0.4) is 0 Å². The van der Waals surface area contributed by atoms with E-state index in [9.17, 15) is 14.7 Å². The van der Waals surface area contributed by atoms with E-state index >= 15 is 0 Å². The highest BCUT2D eigenvalue weighted by molar-refractivity contribution is 6.00. The van der Waals surface area contributed by atoms with E-state index in [0.717, 1.165) is 0 Å². The van der Waals surface area contributed by atoms with Gasteiger partial charge in [0.2, 0.25) is 0 Å². The van der Waals surface area contributed by atoms with Crippen LogP contribution >= 0.6 is 0 Å². The Bertz CT molecular complexity index is 631. The van der Waals surface area contributed by atoms with Gasteiger partial charge in [-0.25, -0.2) is 4.68 Å². The smallest absolute Gasteiger partial charge is 0.274 e. The van der Waals surface area contributed by atoms with Crippen LogP contribution in [0.15, 0.2) is 29.1 Å². The maximum absolute atomic E-state index is 12.0. The lowest BCUT2D eigenvalue weighted by Crippen LogP contribution is -2.31. The summed E-state index contributed by atoms with van der Waals surface area (Å²) in [6.07, 6.45) is 0.706. The third kappa shape index (κ3) is 1.91. The van der Waals surface area contributed by atoms with Crippen LogP contribution in [0.1, 0.15) is 23.8 Å². The van der Waals surface area contributed by atoms with Gasteiger partial charge in [-0.2, -0.15) is 5.10 Å². The normalized spacial score (nSPS) is 10.6. The van der Waals surface area contributed by atoms with Gasteiger partial charge in [-0.15, -0.1) is 0 Å². The van der Waals surface area contributed by atoms with E-state index in [1.165, 1.54) is 4.68 Å². The van der Waals surface area contributed by atoms with Crippen LogP contribution in [0.5, 0.6) is 0 Å². The molecule has 0 radical (unpaired) electrons. The first-order valence-electron chi connectivity index (χ1n) is 5.36. The van der Waals surface area contributed by atoms with Gasteiger partial charge in [-0.3, -0.25) is 4.79 Å². The number of carbonyl (C=O) groups excluding carboxylic acids is 1. The van der Waals surface area contributed by atoms with Crippen LogP contribution in [-0.4, -0.2) is 15.7 Å². The zero-order valence-electron chi connectivity index (χ0n) is 9.34. The van der Waals surface area contributed by atoms with E-state index in [-0.39, 0.29) is 11.3 Å². The summed E-state index contributed by atoms with van der Waals surface area (Å²) in [6, 6.07) is 6.52. The third-order valence-electron chi connectivity index (χ3n) is 2.50. The molecule has 1 aromatic carbocycles. The monoisotopic (exact) mass is 231 g/mol. The van der Waals surface area contributed by atoms with Gasteiger partial charge < -0.3 is 9.90 Å². The first-order valence-corrected chi connectivity index (χ1v) is 5.36. The largest absolute Gasteiger partial charge is 0.543 e. The summed E-state index contributed by atoms with van der Waals surface area (Å²) in [6.45, 7) is 2.28. The molecule has 1 aromatic heterocycles. The first kappa shape index (κ1) is 11.3. The van der Waals surface area contributed by atoms with E-state index in [1.807, 2.05) is 6.92 Å². The molecule has 0 aliphatic rings. The summed E-state index contributed by atoms with van der Waals surface area (Å²) in [5.74, 6) is -1.37. The predicted octanol–water partition coefficient (Wildman–Crippen LogP) is 0.170. The molecule has 0 aliphatic carbocycles. The lowest BCUT2D eigenvalue weighted by atomic mass is 10.1. The number of hydrogen-bond acceptors (Lipinski definition) is 4. The van der Waals surface area contributed by atoms with E-state index in [0.29, 0.717) is 23.7 Å². The molecule has 88 valence electrons. The topological polar surface area (TPSA) is 75.0 Å². The number of carboxylic acid groups (broad SMARTS) is 1. The Kier molecular flexibility index (Phi) is 2.91. The molecule has 0 unspecified atom stereocenters. The second-order valence-electron chi connectivity index (χ2n) is 3.71. The van der Waals surface area contributed by atoms with Gasteiger partial charge in [0.25, 0.3) is 5.56 Å². The molecule has 0 bridgehead atoms. The van der Waals surface area contributed by atoms with Crippen molar-refractivity contribution in [1.29, 1.82) is 0 Å². The fourth-order valence-electron chi connectivity index (χ4n) is 1.75. The molecule has 0 amide bonds. The summed E-state index contributed by atoms with van der Waals surface area (Å²) in [7, 11) is 0. The van der Waals surface area contributed by atoms with Crippen LogP contribution in [0.4, 0.5) is 0 Å². The first-order chi connectivity index (χ1) is 8.15. The molecular weight excluding hydrogens is 220 g/mol. The Morgan fingerprint density at radius 2 is 2.00 bits per heavy atom. The molecule has 0 N–H and O–H groups in total. The van der Waals surface area contributed by atoms with Crippen molar-refractivity contribution in [2.75, 3.05) is 0 Å². The van der Waals surface area contributed by atoms with Crippen molar-refractivity contribution in [1.82, 2.24) is 9.78 Å². The van der Waals surface area contributed by atoms with Crippen molar-refractivity contribution in [3.63, 3.8) is 0 Å². The minimum absolute atomic E-state index is 0.186. The average Bonchev–Trinajstić information content (AvgIpc) is 2.32. The van der Waals surface area contributed by atoms with Crippen LogP contribution in [0.2, 0.25) is 0 Å². The lowest BCUT2D eigenvalue weighted by molar-refractivity contribution is -0.255. The number of carboxylic acids is 1. The molecule has 0 atom stereocenters. The van der Waals surface area contributed by atoms with Crippen LogP contribution < -0.4 is 10.7 Å². The zero-order valence-corrected chi connectivity index (χ0v) is 9.34. The van der Waals surface area contributed by atoms with Crippen molar-refractivity contribution in [3.05, 3.63) is 40.3 Å². The Morgan fingerprint density at radius 3 is 2.59 bits per heavy atom. The fourth-order valence-corrected chi connectivity index (χ4v) is 1.75. The van der Waals surface area contributed by atoms with Gasteiger partial charge in [-0.05, 0) is 12.5 Å². The molecule has 0 fully saturated rings. The number of benzene rings is 1. The van der Waals surface area contributed by atoms with Gasteiger partial charge in [0.05, 0.1) is 11.4 Å². The molecule has 1 heterocycles. The Morgan fingerprint density at radius 1 is 1.35 bits per heavy atom. The summed E-state index contributed by atoms with van der Waals surface area (Å²) < 4.78 is 1.17. The number of fused-ring (bicyclic) bond motifs is 1.